The van der Waals surface area contributed by atoms with Crippen molar-refractivity contribution in [3.05, 3.63) is 24.0 Å². The van der Waals surface area contributed by atoms with Gasteiger partial charge in [-0.25, -0.2) is 4.79 Å². The number of hydrogen-bond acceptors (Lipinski definition) is 3. The van der Waals surface area contributed by atoms with Crippen molar-refractivity contribution >= 4 is 11.7 Å². The molecule has 0 radical (unpaired) electrons. The van der Waals surface area contributed by atoms with Crippen molar-refractivity contribution in [3.63, 3.8) is 0 Å². The van der Waals surface area contributed by atoms with E-state index in [1.807, 2.05) is 11.9 Å². The normalized spacial score (nSPS) is 12.5. The molecule has 0 aliphatic rings. The number of aromatic carboxylic acids is 1. The van der Waals surface area contributed by atoms with Crippen molar-refractivity contribution in [3.8, 4) is 0 Å². The summed E-state index contributed by atoms with van der Waals surface area (Å²) in [6.45, 7) is 6.41. The van der Waals surface area contributed by atoms with Gasteiger partial charge in [0.25, 0.3) is 0 Å². The summed E-state index contributed by atoms with van der Waals surface area (Å²) >= 11 is 0. The van der Waals surface area contributed by atoms with Gasteiger partial charge >= 0.3 is 5.97 Å². The third-order valence-electron chi connectivity index (χ3n) is 2.88. The summed E-state index contributed by atoms with van der Waals surface area (Å²) < 4.78 is 0. The summed E-state index contributed by atoms with van der Waals surface area (Å²) in [6.07, 6.45) is 4.14. The molecular formula is C13H20N2O2. The Hall–Kier alpha value is -1.58. The SMILES string of the molecule is CC(C)CC(C)N(C)c1cnccc1C(=O)O. The number of carboxylic acids is 1. The molecule has 1 unspecified atom stereocenters. The molecule has 1 aromatic heterocycles. The van der Waals surface area contributed by atoms with Gasteiger partial charge in [0.2, 0.25) is 0 Å². The fourth-order valence-corrected chi connectivity index (χ4v) is 1.93. The molecule has 0 bridgehead atoms. The first-order chi connectivity index (χ1) is 7.93. The molecule has 4 nitrogen and oxygen atoms in total. The van der Waals surface area contributed by atoms with Gasteiger partial charge in [-0.2, -0.15) is 0 Å². The summed E-state index contributed by atoms with van der Waals surface area (Å²) in [5.41, 5.74) is 0.978. The fraction of sp³-hybridized carbons (Fsp3) is 0.538. The maximum absolute atomic E-state index is 11.1. The van der Waals surface area contributed by atoms with Crippen LogP contribution in [-0.4, -0.2) is 29.1 Å². The van der Waals surface area contributed by atoms with Crippen molar-refractivity contribution in [2.75, 3.05) is 11.9 Å². The number of pyridine rings is 1. The molecule has 94 valence electrons. The first-order valence-electron chi connectivity index (χ1n) is 5.83. The monoisotopic (exact) mass is 236 g/mol. The Labute approximate surface area is 102 Å². The average molecular weight is 236 g/mol. The van der Waals surface area contributed by atoms with Gasteiger partial charge in [0.15, 0.2) is 0 Å². The lowest BCUT2D eigenvalue weighted by atomic mass is 10.0. The molecule has 0 aromatic carbocycles. The highest BCUT2D eigenvalue weighted by atomic mass is 16.4. The summed E-state index contributed by atoms with van der Waals surface area (Å²) in [5, 5.41) is 9.12. The Balaban J connectivity index is 2.95. The van der Waals surface area contributed by atoms with Crippen molar-refractivity contribution in [2.24, 2.45) is 5.92 Å². The van der Waals surface area contributed by atoms with Crippen LogP contribution in [0.1, 0.15) is 37.6 Å². The van der Waals surface area contributed by atoms with E-state index in [9.17, 15) is 4.79 Å². The lowest BCUT2D eigenvalue weighted by Gasteiger charge is -2.29. The number of rotatable bonds is 5. The Morgan fingerprint density at radius 2 is 2.12 bits per heavy atom. The lowest BCUT2D eigenvalue weighted by Crippen LogP contribution is -2.31. The van der Waals surface area contributed by atoms with Crippen LogP contribution in [0, 0.1) is 5.92 Å². The van der Waals surface area contributed by atoms with Crippen LogP contribution in [0.3, 0.4) is 0 Å². The first kappa shape index (κ1) is 13.5. The van der Waals surface area contributed by atoms with Crippen LogP contribution in [0.25, 0.3) is 0 Å². The van der Waals surface area contributed by atoms with Crippen molar-refractivity contribution in [2.45, 2.75) is 33.2 Å². The number of nitrogens with zero attached hydrogens (tertiary/aromatic N) is 2. The fourth-order valence-electron chi connectivity index (χ4n) is 1.93. The van der Waals surface area contributed by atoms with E-state index in [1.165, 1.54) is 12.3 Å². The quantitative estimate of drug-likeness (QED) is 0.854. The summed E-state index contributed by atoms with van der Waals surface area (Å²) in [4.78, 5) is 17.1. The molecule has 1 rings (SSSR count). The maximum atomic E-state index is 11.1. The highest BCUT2D eigenvalue weighted by Gasteiger charge is 2.17. The zero-order valence-corrected chi connectivity index (χ0v) is 10.8. The van der Waals surface area contributed by atoms with Crippen LogP contribution in [0.5, 0.6) is 0 Å². The number of carbonyl (C=O) groups is 1. The molecule has 0 fully saturated rings. The van der Waals surface area contributed by atoms with E-state index < -0.39 is 5.97 Å². The van der Waals surface area contributed by atoms with Crippen LogP contribution in [0.4, 0.5) is 5.69 Å². The Morgan fingerprint density at radius 3 is 2.65 bits per heavy atom. The maximum Gasteiger partial charge on any atom is 0.337 e. The van der Waals surface area contributed by atoms with Gasteiger partial charge in [0.1, 0.15) is 0 Å². The van der Waals surface area contributed by atoms with E-state index >= 15 is 0 Å². The van der Waals surface area contributed by atoms with Crippen LogP contribution >= 0.6 is 0 Å². The second-order valence-corrected chi connectivity index (χ2v) is 4.79. The van der Waals surface area contributed by atoms with E-state index in [2.05, 4.69) is 25.8 Å². The minimum atomic E-state index is -0.911. The number of hydrogen-bond donors (Lipinski definition) is 1. The van der Waals surface area contributed by atoms with Crippen LogP contribution in [0.2, 0.25) is 0 Å². The van der Waals surface area contributed by atoms with E-state index in [4.69, 9.17) is 5.11 Å². The molecule has 0 aliphatic heterocycles. The molecule has 1 aromatic rings. The van der Waals surface area contributed by atoms with E-state index in [1.54, 1.807) is 6.20 Å². The van der Waals surface area contributed by atoms with Crippen LogP contribution in [0.15, 0.2) is 18.5 Å². The molecule has 1 heterocycles. The van der Waals surface area contributed by atoms with Gasteiger partial charge in [-0.3, -0.25) is 4.98 Å². The molecular weight excluding hydrogens is 216 g/mol. The lowest BCUT2D eigenvalue weighted by molar-refractivity contribution is 0.0697. The van der Waals surface area contributed by atoms with E-state index in [-0.39, 0.29) is 6.04 Å². The Kier molecular flexibility index (Phi) is 4.49. The second-order valence-electron chi connectivity index (χ2n) is 4.79. The minimum absolute atomic E-state index is 0.289. The summed E-state index contributed by atoms with van der Waals surface area (Å²) in [7, 11) is 1.91. The highest BCUT2D eigenvalue weighted by molar-refractivity contribution is 5.94. The number of aromatic nitrogens is 1. The molecule has 0 spiro atoms. The largest absolute Gasteiger partial charge is 0.478 e. The molecule has 17 heavy (non-hydrogen) atoms. The van der Waals surface area contributed by atoms with Gasteiger partial charge in [0.05, 0.1) is 17.4 Å². The predicted molar refractivity (Wildman–Crippen MR) is 68.5 cm³/mol. The zero-order valence-electron chi connectivity index (χ0n) is 10.8. The summed E-state index contributed by atoms with van der Waals surface area (Å²) in [5.74, 6) is -0.330. The van der Waals surface area contributed by atoms with Crippen molar-refractivity contribution < 1.29 is 9.90 Å². The second kappa shape index (κ2) is 5.66. The molecule has 0 saturated carbocycles. The third kappa shape index (κ3) is 3.44. The average Bonchev–Trinajstić information content (AvgIpc) is 2.27. The van der Waals surface area contributed by atoms with Crippen LogP contribution < -0.4 is 4.90 Å². The topological polar surface area (TPSA) is 53.4 Å². The molecule has 1 atom stereocenters. The van der Waals surface area contributed by atoms with Crippen molar-refractivity contribution in [1.82, 2.24) is 4.98 Å². The smallest absolute Gasteiger partial charge is 0.337 e. The predicted octanol–water partition coefficient (Wildman–Crippen LogP) is 2.65. The minimum Gasteiger partial charge on any atom is -0.478 e. The number of anilines is 1. The Morgan fingerprint density at radius 1 is 1.47 bits per heavy atom. The van der Waals surface area contributed by atoms with E-state index in [0.29, 0.717) is 17.2 Å². The van der Waals surface area contributed by atoms with Crippen molar-refractivity contribution in [1.29, 1.82) is 0 Å². The standard InChI is InChI=1S/C13H20N2O2/c1-9(2)7-10(3)15(4)12-8-14-6-5-11(12)13(16)17/h5-6,8-10H,7H2,1-4H3,(H,16,17). The summed E-state index contributed by atoms with van der Waals surface area (Å²) in [6, 6.07) is 1.83. The molecule has 4 heteroatoms. The molecule has 0 saturated heterocycles. The van der Waals surface area contributed by atoms with Crippen LogP contribution in [-0.2, 0) is 0 Å². The van der Waals surface area contributed by atoms with Gasteiger partial charge in [-0.15, -0.1) is 0 Å². The Bertz CT molecular complexity index is 391. The third-order valence-corrected chi connectivity index (χ3v) is 2.88. The van der Waals surface area contributed by atoms with E-state index in [0.717, 1.165) is 6.42 Å². The van der Waals surface area contributed by atoms with Gasteiger partial charge < -0.3 is 10.0 Å². The zero-order chi connectivity index (χ0) is 13.0. The number of carboxylic acid groups (broad SMARTS) is 1. The molecule has 0 aliphatic carbocycles. The van der Waals surface area contributed by atoms with Gasteiger partial charge in [0, 0.05) is 19.3 Å². The van der Waals surface area contributed by atoms with Gasteiger partial charge in [-0.1, -0.05) is 13.8 Å². The first-order valence-corrected chi connectivity index (χ1v) is 5.83. The van der Waals surface area contributed by atoms with Gasteiger partial charge in [-0.05, 0) is 25.3 Å². The highest BCUT2D eigenvalue weighted by Crippen LogP contribution is 2.22. The molecule has 0 amide bonds. The molecule has 1 N–H and O–H groups in total.